The van der Waals surface area contributed by atoms with Gasteiger partial charge in [-0.15, -0.1) is 0 Å². The van der Waals surface area contributed by atoms with Gasteiger partial charge < -0.3 is 10.6 Å². The number of nitrogens with zero attached hydrogens (tertiary/aromatic N) is 1. The van der Waals surface area contributed by atoms with Gasteiger partial charge in [-0.3, -0.25) is 4.79 Å². The number of nitrogens with two attached hydrogens (primary N) is 1. The third-order valence-electron chi connectivity index (χ3n) is 5.11. The van der Waals surface area contributed by atoms with Crippen LogP contribution in [0, 0.1) is 0 Å². The van der Waals surface area contributed by atoms with Crippen LogP contribution in [0.3, 0.4) is 0 Å². The Hall–Kier alpha value is -1.35. The first-order chi connectivity index (χ1) is 10.2. The monoisotopic (exact) mass is 286 g/mol. The number of hydrogen-bond acceptors (Lipinski definition) is 2. The first-order valence-electron chi connectivity index (χ1n) is 8.29. The highest BCUT2D eigenvalue weighted by atomic mass is 16.2. The van der Waals surface area contributed by atoms with Crippen molar-refractivity contribution in [1.29, 1.82) is 0 Å². The second-order valence-corrected chi connectivity index (χ2v) is 6.82. The molecule has 0 spiro atoms. The summed E-state index contributed by atoms with van der Waals surface area (Å²) in [4.78, 5) is 14.8. The maximum Gasteiger partial charge on any atom is 0.224 e. The zero-order valence-corrected chi connectivity index (χ0v) is 12.8. The summed E-state index contributed by atoms with van der Waals surface area (Å²) in [5.74, 6) is 0.276. The maximum absolute atomic E-state index is 12.7. The summed E-state index contributed by atoms with van der Waals surface area (Å²) in [6, 6.07) is 10.9. The lowest BCUT2D eigenvalue weighted by atomic mass is 9.75. The van der Waals surface area contributed by atoms with E-state index >= 15 is 0 Å². The van der Waals surface area contributed by atoms with Crippen molar-refractivity contribution in [3.05, 3.63) is 35.9 Å². The number of likely N-dealkylation sites (tertiary alicyclic amines) is 1. The highest BCUT2D eigenvalue weighted by Gasteiger charge is 2.37. The molecular weight excluding hydrogens is 260 g/mol. The minimum absolute atomic E-state index is 0.203. The van der Waals surface area contributed by atoms with Crippen molar-refractivity contribution < 1.29 is 4.79 Å². The van der Waals surface area contributed by atoms with Crippen LogP contribution >= 0.6 is 0 Å². The molecule has 2 aliphatic rings. The van der Waals surface area contributed by atoms with Crippen molar-refractivity contribution in [3.8, 4) is 0 Å². The molecule has 3 rings (SSSR count). The van der Waals surface area contributed by atoms with Gasteiger partial charge in [0.25, 0.3) is 0 Å². The molecule has 21 heavy (non-hydrogen) atoms. The fraction of sp³-hybridized carbons (Fsp3) is 0.611. The van der Waals surface area contributed by atoms with Gasteiger partial charge in [-0.2, -0.15) is 0 Å². The SMILES string of the molecule is NC1(CC(=O)N2CCCC[C@@H]2Cc2ccccc2)CCC1. The number of carbonyl (C=O) groups is 1. The molecule has 1 atom stereocenters. The zero-order chi connectivity index (χ0) is 14.7. The van der Waals surface area contributed by atoms with E-state index in [1.807, 2.05) is 6.07 Å². The molecule has 3 heteroatoms. The van der Waals surface area contributed by atoms with Crippen LogP contribution in [0.1, 0.15) is 50.5 Å². The largest absolute Gasteiger partial charge is 0.339 e. The van der Waals surface area contributed by atoms with Crippen LogP contribution in [0.4, 0.5) is 0 Å². The predicted molar refractivity (Wildman–Crippen MR) is 84.9 cm³/mol. The van der Waals surface area contributed by atoms with Crippen molar-refractivity contribution in [1.82, 2.24) is 4.90 Å². The van der Waals surface area contributed by atoms with E-state index in [0.29, 0.717) is 12.5 Å². The van der Waals surface area contributed by atoms with Crippen LogP contribution in [0.5, 0.6) is 0 Å². The predicted octanol–water partition coefficient (Wildman–Crippen LogP) is 2.88. The number of benzene rings is 1. The first kappa shape index (κ1) is 14.6. The average molecular weight is 286 g/mol. The normalized spacial score (nSPS) is 24.4. The molecule has 1 aromatic carbocycles. The molecule has 1 heterocycles. The summed E-state index contributed by atoms with van der Waals surface area (Å²) in [5.41, 5.74) is 7.39. The fourth-order valence-corrected chi connectivity index (χ4v) is 3.64. The molecule has 0 aromatic heterocycles. The van der Waals surface area contributed by atoms with Crippen LogP contribution in [0.25, 0.3) is 0 Å². The Morgan fingerprint density at radius 3 is 2.62 bits per heavy atom. The second-order valence-electron chi connectivity index (χ2n) is 6.82. The molecule has 2 fully saturated rings. The Morgan fingerprint density at radius 2 is 1.95 bits per heavy atom. The Kier molecular flexibility index (Phi) is 4.29. The van der Waals surface area contributed by atoms with Gasteiger partial charge in [-0.1, -0.05) is 30.3 Å². The number of piperidine rings is 1. The molecule has 1 saturated carbocycles. The van der Waals surface area contributed by atoms with E-state index in [1.54, 1.807) is 0 Å². The number of amides is 1. The molecule has 0 bridgehead atoms. The van der Waals surface area contributed by atoms with Gasteiger partial charge in [0.2, 0.25) is 5.91 Å². The Labute approximate surface area is 127 Å². The van der Waals surface area contributed by atoms with Gasteiger partial charge in [-0.05, 0) is 50.5 Å². The Bertz CT molecular complexity index is 481. The van der Waals surface area contributed by atoms with Gasteiger partial charge >= 0.3 is 0 Å². The summed E-state index contributed by atoms with van der Waals surface area (Å²) in [6.45, 7) is 0.909. The Morgan fingerprint density at radius 1 is 1.19 bits per heavy atom. The highest BCUT2D eigenvalue weighted by molar-refractivity contribution is 5.78. The van der Waals surface area contributed by atoms with Crippen LogP contribution in [-0.2, 0) is 11.2 Å². The second kappa shape index (κ2) is 6.18. The van der Waals surface area contributed by atoms with E-state index in [9.17, 15) is 4.79 Å². The van der Waals surface area contributed by atoms with Gasteiger partial charge in [-0.25, -0.2) is 0 Å². The molecule has 0 radical (unpaired) electrons. The molecule has 1 aromatic rings. The minimum Gasteiger partial charge on any atom is -0.339 e. The molecular formula is C18H26N2O. The van der Waals surface area contributed by atoms with Crippen molar-refractivity contribution in [2.75, 3.05) is 6.54 Å². The zero-order valence-electron chi connectivity index (χ0n) is 12.8. The Balaban J connectivity index is 1.64. The molecule has 1 saturated heterocycles. The van der Waals surface area contributed by atoms with Gasteiger partial charge in [0, 0.05) is 24.5 Å². The van der Waals surface area contributed by atoms with Crippen LogP contribution < -0.4 is 5.73 Å². The summed E-state index contributed by atoms with van der Waals surface area (Å²) < 4.78 is 0. The number of hydrogen-bond donors (Lipinski definition) is 1. The average Bonchev–Trinajstić information content (AvgIpc) is 2.47. The van der Waals surface area contributed by atoms with Crippen LogP contribution in [0.15, 0.2) is 30.3 Å². The lowest BCUT2D eigenvalue weighted by Crippen LogP contribution is -2.53. The van der Waals surface area contributed by atoms with Crippen LogP contribution in [-0.4, -0.2) is 28.9 Å². The fourth-order valence-electron chi connectivity index (χ4n) is 3.64. The van der Waals surface area contributed by atoms with Crippen molar-refractivity contribution in [2.24, 2.45) is 5.73 Å². The number of carbonyl (C=O) groups excluding carboxylic acids is 1. The quantitative estimate of drug-likeness (QED) is 0.925. The lowest BCUT2D eigenvalue weighted by molar-refractivity contribution is -0.136. The molecule has 114 valence electrons. The van der Waals surface area contributed by atoms with Gasteiger partial charge in [0.15, 0.2) is 0 Å². The van der Waals surface area contributed by atoms with E-state index in [4.69, 9.17) is 5.73 Å². The molecule has 2 N–H and O–H groups in total. The number of rotatable bonds is 4. The van der Waals surface area contributed by atoms with Crippen LogP contribution in [0.2, 0.25) is 0 Å². The topological polar surface area (TPSA) is 46.3 Å². The van der Waals surface area contributed by atoms with E-state index in [2.05, 4.69) is 29.2 Å². The van der Waals surface area contributed by atoms with Crippen molar-refractivity contribution >= 4 is 5.91 Å². The van der Waals surface area contributed by atoms with Gasteiger partial charge in [0.1, 0.15) is 0 Å². The smallest absolute Gasteiger partial charge is 0.224 e. The molecule has 1 amide bonds. The van der Waals surface area contributed by atoms with E-state index in [0.717, 1.165) is 38.6 Å². The van der Waals surface area contributed by atoms with Crippen molar-refractivity contribution in [2.45, 2.75) is 62.9 Å². The molecule has 1 aliphatic heterocycles. The first-order valence-corrected chi connectivity index (χ1v) is 8.29. The summed E-state index contributed by atoms with van der Waals surface area (Å²) in [5, 5.41) is 0. The minimum atomic E-state index is -0.203. The lowest BCUT2D eigenvalue weighted by Gasteiger charge is -2.42. The van der Waals surface area contributed by atoms with E-state index in [-0.39, 0.29) is 11.4 Å². The van der Waals surface area contributed by atoms with E-state index < -0.39 is 0 Å². The van der Waals surface area contributed by atoms with Crippen molar-refractivity contribution in [3.63, 3.8) is 0 Å². The van der Waals surface area contributed by atoms with Gasteiger partial charge in [0.05, 0.1) is 0 Å². The summed E-state index contributed by atoms with van der Waals surface area (Å²) in [7, 11) is 0. The third kappa shape index (κ3) is 3.46. The maximum atomic E-state index is 12.7. The van der Waals surface area contributed by atoms with E-state index in [1.165, 1.54) is 18.4 Å². The standard InChI is InChI=1S/C18H26N2O/c19-18(10-6-11-18)14-17(21)20-12-5-4-9-16(20)13-15-7-2-1-3-8-15/h1-3,7-8,16H,4-6,9-14,19H2/t16-/m1/s1. The third-order valence-corrected chi connectivity index (χ3v) is 5.11. The summed E-state index contributed by atoms with van der Waals surface area (Å²) in [6.07, 6.45) is 8.20. The summed E-state index contributed by atoms with van der Waals surface area (Å²) >= 11 is 0. The molecule has 3 nitrogen and oxygen atoms in total. The highest BCUT2D eigenvalue weighted by Crippen LogP contribution is 2.33. The molecule has 0 unspecified atom stereocenters. The molecule has 1 aliphatic carbocycles.